The van der Waals surface area contributed by atoms with Crippen molar-refractivity contribution in [3.05, 3.63) is 58.9 Å². The third kappa shape index (κ3) is 3.82. The molecule has 0 aliphatic carbocycles. The van der Waals surface area contributed by atoms with E-state index >= 15 is 0 Å². The Morgan fingerprint density at radius 1 is 1.20 bits per heavy atom. The van der Waals surface area contributed by atoms with E-state index in [0.717, 1.165) is 28.6 Å². The summed E-state index contributed by atoms with van der Waals surface area (Å²) < 4.78 is 11.2. The highest BCUT2D eigenvalue weighted by atomic mass is 32.1. The molecule has 0 saturated carbocycles. The van der Waals surface area contributed by atoms with E-state index in [-0.39, 0.29) is 11.8 Å². The second-order valence-corrected chi connectivity index (χ2v) is 8.37. The van der Waals surface area contributed by atoms with Crippen molar-refractivity contribution in [1.29, 1.82) is 0 Å². The zero-order valence-corrected chi connectivity index (χ0v) is 17.4. The number of nitrogens with zero attached hydrogens (tertiary/aromatic N) is 3. The van der Waals surface area contributed by atoms with Crippen LogP contribution in [0.15, 0.2) is 41.9 Å². The number of likely N-dealkylation sites (tertiary alicyclic amines) is 1. The lowest BCUT2D eigenvalue weighted by Gasteiger charge is -2.21. The zero-order valence-electron chi connectivity index (χ0n) is 16.6. The quantitative estimate of drug-likeness (QED) is 0.685. The van der Waals surface area contributed by atoms with Gasteiger partial charge in [0.25, 0.3) is 5.91 Å². The Balaban J connectivity index is 1.31. The Kier molecular flexibility index (Phi) is 5.00. The normalized spacial score (nSPS) is 17.8. The van der Waals surface area contributed by atoms with Crippen molar-refractivity contribution in [2.75, 3.05) is 31.6 Å². The number of aryl methyl sites for hydroxylation is 1. The van der Waals surface area contributed by atoms with Gasteiger partial charge < -0.3 is 19.7 Å². The maximum absolute atomic E-state index is 13.0. The van der Waals surface area contributed by atoms with Crippen molar-refractivity contribution >= 4 is 28.1 Å². The molecule has 2 aromatic heterocycles. The molecule has 3 aromatic rings. The Labute approximate surface area is 178 Å². The van der Waals surface area contributed by atoms with Crippen LogP contribution in [-0.2, 0) is 0 Å². The van der Waals surface area contributed by atoms with Crippen LogP contribution in [0.2, 0.25) is 0 Å². The molecule has 1 saturated heterocycles. The minimum Gasteiger partial charge on any atom is -0.486 e. The van der Waals surface area contributed by atoms with E-state index in [9.17, 15) is 4.79 Å². The van der Waals surface area contributed by atoms with Crippen LogP contribution >= 0.6 is 11.3 Å². The van der Waals surface area contributed by atoms with E-state index in [0.29, 0.717) is 43.4 Å². The highest BCUT2D eigenvalue weighted by Crippen LogP contribution is 2.33. The van der Waals surface area contributed by atoms with Gasteiger partial charge in [0.2, 0.25) is 0 Å². The molecule has 154 valence electrons. The summed E-state index contributed by atoms with van der Waals surface area (Å²) in [7, 11) is 0. The largest absolute Gasteiger partial charge is 0.486 e. The molecule has 0 unspecified atom stereocenters. The topological polar surface area (TPSA) is 76.6 Å². The Morgan fingerprint density at radius 2 is 2.07 bits per heavy atom. The van der Waals surface area contributed by atoms with Gasteiger partial charge in [0.1, 0.15) is 13.2 Å². The van der Waals surface area contributed by atoms with E-state index in [2.05, 4.69) is 16.4 Å². The summed E-state index contributed by atoms with van der Waals surface area (Å²) >= 11 is 1.56. The van der Waals surface area contributed by atoms with Gasteiger partial charge >= 0.3 is 0 Å². The van der Waals surface area contributed by atoms with Crippen LogP contribution in [-0.4, -0.2) is 47.1 Å². The van der Waals surface area contributed by atoms with E-state index in [1.165, 1.54) is 0 Å². The van der Waals surface area contributed by atoms with Crippen LogP contribution in [0.3, 0.4) is 0 Å². The molecule has 0 spiro atoms. The van der Waals surface area contributed by atoms with Crippen molar-refractivity contribution in [2.24, 2.45) is 0 Å². The number of hydrogen-bond acceptors (Lipinski definition) is 7. The summed E-state index contributed by atoms with van der Waals surface area (Å²) in [6.45, 7) is 4.40. The molecule has 1 N–H and O–H groups in total. The number of carbonyl (C=O) groups excluding carboxylic acids is 1. The van der Waals surface area contributed by atoms with Crippen molar-refractivity contribution in [3.63, 3.8) is 0 Å². The van der Waals surface area contributed by atoms with Crippen molar-refractivity contribution in [3.8, 4) is 11.5 Å². The summed E-state index contributed by atoms with van der Waals surface area (Å²) in [6.07, 6.45) is 2.67. The van der Waals surface area contributed by atoms with Crippen molar-refractivity contribution in [1.82, 2.24) is 14.9 Å². The summed E-state index contributed by atoms with van der Waals surface area (Å²) in [5.74, 6) is 1.56. The van der Waals surface area contributed by atoms with E-state index in [1.807, 2.05) is 35.4 Å². The predicted octanol–water partition coefficient (Wildman–Crippen LogP) is 3.99. The lowest BCUT2D eigenvalue weighted by atomic mass is 10.0. The number of nitrogens with one attached hydrogen (secondary N) is 1. The Hall–Kier alpha value is -3.13. The molecule has 2 aliphatic heterocycles. The van der Waals surface area contributed by atoms with Gasteiger partial charge in [-0.15, -0.1) is 11.3 Å². The number of anilines is 2. The summed E-state index contributed by atoms with van der Waals surface area (Å²) in [4.78, 5) is 24.0. The lowest BCUT2D eigenvalue weighted by molar-refractivity contribution is 0.0789. The number of thiazole rings is 1. The SMILES string of the molecule is Cc1cc(Nc2nccs2)cc([C@@H]2CCN(C(=O)c3ccc4c(c3)OCCO4)C2)n1. The number of aromatic nitrogens is 2. The van der Waals surface area contributed by atoms with Gasteiger partial charge in [-0.25, -0.2) is 4.98 Å². The minimum atomic E-state index is 0.0169. The second kappa shape index (κ2) is 7.95. The van der Waals surface area contributed by atoms with E-state index in [4.69, 9.17) is 14.5 Å². The van der Waals surface area contributed by atoms with Crippen LogP contribution in [0.4, 0.5) is 10.8 Å². The first-order valence-corrected chi connectivity index (χ1v) is 10.9. The summed E-state index contributed by atoms with van der Waals surface area (Å²) in [5, 5.41) is 6.13. The molecular weight excluding hydrogens is 400 g/mol. The first kappa shape index (κ1) is 18.9. The molecule has 1 aromatic carbocycles. The van der Waals surface area contributed by atoms with Crippen LogP contribution in [0, 0.1) is 6.92 Å². The second-order valence-electron chi connectivity index (χ2n) is 7.48. The summed E-state index contributed by atoms with van der Waals surface area (Å²) in [6, 6.07) is 9.48. The number of benzene rings is 1. The fraction of sp³-hybridized carbons (Fsp3) is 0.318. The third-order valence-electron chi connectivity index (χ3n) is 5.34. The number of ether oxygens (including phenoxy) is 2. The number of fused-ring (bicyclic) bond motifs is 1. The number of carbonyl (C=O) groups is 1. The number of pyridine rings is 1. The fourth-order valence-corrected chi connectivity index (χ4v) is 4.48. The Bertz CT molecular complexity index is 1070. The molecule has 1 atom stereocenters. The average molecular weight is 423 g/mol. The molecule has 1 fully saturated rings. The van der Waals surface area contributed by atoms with E-state index in [1.54, 1.807) is 23.6 Å². The third-order valence-corrected chi connectivity index (χ3v) is 6.03. The smallest absolute Gasteiger partial charge is 0.254 e. The molecule has 2 aliphatic rings. The monoisotopic (exact) mass is 422 g/mol. The van der Waals surface area contributed by atoms with Crippen LogP contribution < -0.4 is 14.8 Å². The minimum absolute atomic E-state index is 0.0169. The molecule has 1 amide bonds. The standard InChI is InChI=1S/C22H22N4O3S/c1-14-10-17(25-22-23-5-9-30-22)12-18(24-14)16-4-6-26(13-16)21(27)15-2-3-19-20(11-15)29-8-7-28-19/h2-3,5,9-12,16H,4,6-8,13H2,1H3,(H,23,24,25)/t16-/m1/s1. The van der Waals surface area contributed by atoms with Gasteiger partial charge in [-0.2, -0.15) is 0 Å². The number of hydrogen-bond donors (Lipinski definition) is 1. The maximum Gasteiger partial charge on any atom is 0.254 e. The molecule has 7 nitrogen and oxygen atoms in total. The number of amides is 1. The first-order valence-electron chi connectivity index (χ1n) is 10.00. The molecule has 30 heavy (non-hydrogen) atoms. The molecule has 5 rings (SSSR count). The van der Waals surface area contributed by atoms with Crippen molar-refractivity contribution in [2.45, 2.75) is 19.3 Å². The molecule has 0 bridgehead atoms. The fourth-order valence-electron chi connectivity index (χ4n) is 3.93. The van der Waals surface area contributed by atoms with Gasteiger partial charge in [-0.1, -0.05) is 0 Å². The maximum atomic E-state index is 13.0. The highest BCUT2D eigenvalue weighted by molar-refractivity contribution is 7.13. The molecule has 8 heteroatoms. The van der Waals surface area contributed by atoms with Crippen LogP contribution in [0.5, 0.6) is 11.5 Å². The van der Waals surface area contributed by atoms with Gasteiger partial charge in [-0.05, 0) is 43.7 Å². The average Bonchev–Trinajstić information content (AvgIpc) is 3.45. The first-order chi connectivity index (χ1) is 14.7. The van der Waals surface area contributed by atoms with Gasteiger partial charge in [-0.3, -0.25) is 9.78 Å². The molecule has 4 heterocycles. The van der Waals surface area contributed by atoms with E-state index < -0.39 is 0 Å². The van der Waals surface area contributed by atoms with Gasteiger partial charge in [0.15, 0.2) is 16.6 Å². The Morgan fingerprint density at radius 3 is 2.90 bits per heavy atom. The summed E-state index contributed by atoms with van der Waals surface area (Å²) in [5.41, 5.74) is 3.56. The van der Waals surface area contributed by atoms with Crippen LogP contribution in [0.25, 0.3) is 0 Å². The van der Waals surface area contributed by atoms with Crippen molar-refractivity contribution < 1.29 is 14.3 Å². The number of rotatable bonds is 4. The lowest BCUT2D eigenvalue weighted by Crippen LogP contribution is -2.28. The van der Waals surface area contributed by atoms with Gasteiger partial charge in [0.05, 0.1) is 0 Å². The van der Waals surface area contributed by atoms with Crippen LogP contribution in [0.1, 0.15) is 34.1 Å². The highest BCUT2D eigenvalue weighted by Gasteiger charge is 2.30. The predicted molar refractivity (Wildman–Crippen MR) is 115 cm³/mol. The van der Waals surface area contributed by atoms with Gasteiger partial charge in [0, 0.05) is 53.2 Å². The zero-order chi connectivity index (χ0) is 20.5. The molecular formula is C22H22N4O3S. The molecule has 0 radical (unpaired) electrons.